The number of H-pyrrole nitrogens is 2. The Morgan fingerprint density at radius 3 is 2.70 bits per heavy atom. The molecule has 3 N–H and O–H groups in total. The zero-order valence-corrected chi connectivity index (χ0v) is 18.5. The van der Waals surface area contributed by atoms with Crippen molar-refractivity contribution in [3.05, 3.63) is 45.7 Å². The molecule has 1 aromatic carbocycles. The standard InChI is InChI=1S/C23H27ClN6/c1-13-6-7-18(24)19-16(15(3)27-20(13)19)8-9-25-21-17-12-14(2)26-22(17)29-23(28-21)30-10-4-5-11-30/h6-7,12,27H,4-5,8-11H2,1-3H3,(H2,25,26,28,29). The molecule has 1 aliphatic rings. The second-order valence-electron chi connectivity index (χ2n) is 8.30. The van der Waals surface area contributed by atoms with Gasteiger partial charge in [-0.2, -0.15) is 9.97 Å². The molecule has 7 heteroatoms. The summed E-state index contributed by atoms with van der Waals surface area (Å²) in [6, 6.07) is 6.17. The third-order valence-corrected chi connectivity index (χ3v) is 6.41. The van der Waals surface area contributed by atoms with Crippen LogP contribution in [0, 0.1) is 20.8 Å². The largest absolute Gasteiger partial charge is 0.369 e. The summed E-state index contributed by atoms with van der Waals surface area (Å²) in [5.74, 6) is 1.71. The zero-order valence-electron chi connectivity index (χ0n) is 17.7. The minimum Gasteiger partial charge on any atom is -0.369 e. The average Bonchev–Trinajstić information content (AvgIpc) is 3.44. The maximum atomic E-state index is 6.55. The van der Waals surface area contributed by atoms with Gasteiger partial charge in [-0.25, -0.2) is 0 Å². The Kier molecular flexibility index (Phi) is 4.82. The molecule has 3 aromatic heterocycles. The van der Waals surface area contributed by atoms with Crippen molar-refractivity contribution < 1.29 is 0 Å². The first kappa shape index (κ1) is 19.2. The second kappa shape index (κ2) is 7.51. The smallest absolute Gasteiger partial charge is 0.229 e. The predicted octanol–water partition coefficient (Wildman–Crippen LogP) is 5.27. The Bertz CT molecular complexity index is 1230. The van der Waals surface area contributed by atoms with Gasteiger partial charge in [0.1, 0.15) is 11.5 Å². The number of rotatable bonds is 5. The third-order valence-electron chi connectivity index (χ3n) is 6.10. The molecule has 1 aliphatic heterocycles. The van der Waals surface area contributed by atoms with Crippen LogP contribution < -0.4 is 10.2 Å². The molecule has 0 amide bonds. The van der Waals surface area contributed by atoms with Gasteiger partial charge >= 0.3 is 0 Å². The predicted molar refractivity (Wildman–Crippen MR) is 125 cm³/mol. The van der Waals surface area contributed by atoms with Crippen LogP contribution in [0.25, 0.3) is 21.9 Å². The van der Waals surface area contributed by atoms with Crippen LogP contribution >= 0.6 is 11.6 Å². The summed E-state index contributed by atoms with van der Waals surface area (Å²) in [6.45, 7) is 9.11. The Morgan fingerprint density at radius 2 is 1.90 bits per heavy atom. The fourth-order valence-corrected chi connectivity index (χ4v) is 4.80. The third kappa shape index (κ3) is 3.29. The molecule has 0 unspecified atom stereocenters. The van der Waals surface area contributed by atoms with Crippen molar-refractivity contribution in [2.45, 2.75) is 40.0 Å². The van der Waals surface area contributed by atoms with Crippen LogP contribution in [0.3, 0.4) is 0 Å². The first-order chi connectivity index (χ1) is 14.5. The number of halogens is 1. The molecule has 0 radical (unpaired) electrons. The van der Waals surface area contributed by atoms with Gasteiger partial charge in [-0.15, -0.1) is 0 Å². The first-order valence-electron chi connectivity index (χ1n) is 10.6. The van der Waals surface area contributed by atoms with Crippen molar-refractivity contribution in [1.29, 1.82) is 0 Å². The van der Waals surface area contributed by atoms with Gasteiger partial charge in [-0.1, -0.05) is 17.7 Å². The van der Waals surface area contributed by atoms with Gasteiger partial charge in [0.05, 0.1) is 15.9 Å². The maximum Gasteiger partial charge on any atom is 0.229 e. The number of nitrogens with one attached hydrogen (secondary N) is 3. The van der Waals surface area contributed by atoms with Crippen molar-refractivity contribution in [2.75, 3.05) is 29.9 Å². The van der Waals surface area contributed by atoms with E-state index < -0.39 is 0 Å². The van der Waals surface area contributed by atoms with E-state index in [4.69, 9.17) is 21.6 Å². The molecule has 1 fully saturated rings. The van der Waals surface area contributed by atoms with Crippen LogP contribution in [0.15, 0.2) is 18.2 Å². The van der Waals surface area contributed by atoms with Crippen LogP contribution in [-0.4, -0.2) is 39.6 Å². The molecule has 30 heavy (non-hydrogen) atoms. The minimum atomic E-state index is 0.772. The molecule has 0 aliphatic carbocycles. The zero-order chi connectivity index (χ0) is 20.8. The summed E-state index contributed by atoms with van der Waals surface area (Å²) in [7, 11) is 0. The van der Waals surface area contributed by atoms with E-state index >= 15 is 0 Å². The number of anilines is 2. The Balaban J connectivity index is 1.44. The monoisotopic (exact) mass is 422 g/mol. The molecule has 5 rings (SSSR count). The molecular weight excluding hydrogens is 396 g/mol. The molecule has 6 nitrogen and oxygen atoms in total. The van der Waals surface area contributed by atoms with E-state index in [0.29, 0.717) is 0 Å². The number of nitrogens with zero attached hydrogens (tertiary/aromatic N) is 3. The van der Waals surface area contributed by atoms with Crippen LogP contribution in [0.5, 0.6) is 0 Å². The molecule has 4 heterocycles. The molecular formula is C23H27ClN6. The molecule has 0 spiro atoms. The Morgan fingerprint density at radius 1 is 1.10 bits per heavy atom. The number of hydrogen-bond acceptors (Lipinski definition) is 4. The molecule has 0 atom stereocenters. The van der Waals surface area contributed by atoms with E-state index in [1.54, 1.807) is 0 Å². The Labute approximate surface area is 181 Å². The molecule has 0 bridgehead atoms. The first-order valence-corrected chi connectivity index (χ1v) is 11.0. The summed E-state index contributed by atoms with van der Waals surface area (Å²) in [4.78, 5) is 18.8. The number of fused-ring (bicyclic) bond motifs is 2. The van der Waals surface area contributed by atoms with Gasteiger partial charge in [0.25, 0.3) is 0 Å². The normalized spacial score (nSPS) is 14.3. The lowest BCUT2D eigenvalue weighted by Gasteiger charge is -2.16. The van der Waals surface area contributed by atoms with E-state index in [-0.39, 0.29) is 0 Å². The average molecular weight is 423 g/mol. The lowest BCUT2D eigenvalue weighted by Crippen LogP contribution is -2.21. The second-order valence-corrected chi connectivity index (χ2v) is 8.71. The van der Waals surface area contributed by atoms with Gasteiger partial charge < -0.3 is 20.2 Å². The quantitative estimate of drug-likeness (QED) is 0.409. The molecule has 4 aromatic rings. The van der Waals surface area contributed by atoms with Crippen molar-refractivity contribution in [3.63, 3.8) is 0 Å². The number of benzene rings is 1. The highest BCUT2D eigenvalue weighted by Gasteiger charge is 2.19. The van der Waals surface area contributed by atoms with E-state index in [0.717, 1.165) is 70.5 Å². The topological polar surface area (TPSA) is 72.6 Å². The number of aromatic amines is 2. The summed E-state index contributed by atoms with van der Waals surface area (Å²) in [5, 5.41) is 6.56. The summed E-state index contributed by atoms with van der Waals surface area (Å²) < 4.78 is 0. The van der Waals surface area contributed by atoms with Crippen molar-refractivity contribution >= 4 is 45.3 Å². The number of aromatic nitrogens is 4. The van der Waals surface area contributed by atoms with E-state index in [9.17, 15) is 0 Å². The SMILES string of the molecule is Cc1cc2c(NCCc3c(C)[nH]c4c(C)ccc(Cl)c34)nc(N3CCCC3)nc2[nH]1. The molecule has 1 saturated heterocycles. The van der Waals surface area contributed by atoms with Crippen LogP contribution in [0.2, 0.25) is 5.02 Å². The summed E-state index contributed by atoms with van der Waals surface area (Å²) >= 11 is 6.55. The van der Waals surface area contributed by atoms with Gasteiger partial charge in [-0.05, 0) is 63.3 Å². The lowest BCUT2D eigenvalue weighted by molar-refractivity contribution is 0.901. The maximum absolute atomic E-state index is 6.55. The van der Waals surface area contributed by atoms with Crippen LogP contribution in [0.1, 0.15) is 35.4 Å². The van der Waals surface area contributed by atoms with Gasteiger partial charge in [0, 0.05) is 36.4 Å². The van der Waals surface area contributed by atoms with Crippen molar-refractivity contribution in [3.8, 4) is 0 Å². The lowest BCUT2D eigenvalue weighted by atomic mass is 10.1. The highest BCUT2D eigenvalue weighted by atomic mass is 35.5. The Hall–Kier alpha value is -2.73. The summed E-state index contributed by atoms with van der Waals surface area (Å²) in [5.41, 5.74) is 6.78. The van der Waals surface area contributed by atoms with Crippen LogP contribution in [0.4, 0.5) is 11.8 Å². The highest BCUT2D eigenvalue weighted by molar-refractivity contribution is 6.35. The van der Waals surface area contributed by atoms with Gasteiger partial charge in [0.2, 0.25) is 5.95 Å². The number of hydrogen-bond donors (Lipinski definition) is 3. The summed E-state index contributed by atoms with van der Waals surface area (Å²) in [6.07, 6.45) is 3.27. The fraction of sp³-hybridized carbons (Fsp3) is 0.391. The van der Waals surface area contributed by atoms with E-state index in [1.807, 2.05) is 6.07 Å². The fourth-order valence-electron chi connectivity index (χ4n) is 4.53. The molecule has 0 saturated carbocycles. The van der Waals surface area contributed by atoms with Crippen LogP contribution in [-0.2, 0) is 6.42 Å². The van der Waals surface area contributed by atoms with E-state index in [2.05, 4.69) is 53.1 Å². The molecule has 156 valence electrons. The number of aryl methyl sites for hydroxylation is 3. The minimum absolute atomic E-state index is 0.772. The van der Waals surface area contributed by atoms with E-state index in [1.165, 1.54) is 29.7 Å². The van der Waals surface area contributed by atoms with Gasteiger partial charge in [0.15, 0.2) is 0 Å². The van der Waals surface area contributed by atoms with Crippen molar-refractivity contribution in [1.82, 2.24) is 19.9 Å². The van der Waals surface area contributed by atoms with Crippen molar-refractivity contribution in [2.24, 2.45) is 0 Å². The van der Waals surface area contributed by atoms with Gasteiger partial charge in [-0.3, -0.25) is 0 Å². The highest BCUT2D eigenvalue weighted by Crippen LogP contribution is 2.32.